The van der Waals surface area contributed by atoms with E-state index in [1.54, 1.807) is 31.4 Å². The predicted octanol–water partition coefficient (Wildman–Crippen LogP) is 3.21. The van der Waals surface area contributed by atoms with Gasteiger partial charge in [-0.15, -0.1) is 10.2 Å². The van der Waals surface area contributed by atoms with E-state index < -0.39 is 0 Å². The third-order valence-electron chi connectivity index (χ3n) is 3.90. The van der Waals surface area contributed by atoms with Crippen molar-refractivity contribution in [1.82, 2.24) is 10.2 Å². The molecule has 0 fully saturated rings. The van der Waals surface area contributed by atoms with E-state index in [0.717, 1.165) is 5.69 Å². The first-order valence-electron chi connectivity index (χ1n) is 8.18. The largest absolute Gasteiger partial charge is 0.495 e. The number of rotatable bonds is 5. The van der Waals surface area contributed by atoms with Crippen molar-refractivity contribution in [2.45, 2.75) is 0 Å². The van der Waals surface area contributed by atoms with Crippen molar-refractivity contribution in [3.63, 3.8) is 0 Å². The summed E-state index contributed by atoms with van der Waals surface area (Å²) in [5.74, 6) is 2.07. The highest BCUT2D eigenvalue weighted by atomic mass is 16.7. The minimum absolute atomic E-state index is 0.192. The second-order valence-corrected chi connectivity index (χ2v) is 5.65. The zero-order valence-electron chi connectivity index (χ0n) is 14.4. The molecule has 2 aromatic carbocycles. The molecule has 0 saturated heterocycles. The molecule has 0 unspecified atom stereocenters. The lowest BCUT2D eigenvalue weighted by molar-refractivity contribution is 0.102. The molecule has 2 N–H and O–H groups in total. The molecular weight excluding hydrogens is 348 g/mol. The van der Waals surface area contributed by atoms with Gasteiger partial charge in [0, 0.05) is 11.8 Å². The van der Waals surface area contributed by atoms with Gasteiger partial charge in [-0.3, -0.25) is 4.79 Å². The first-order valence-corrected chi connectivity index (χ1v) is 8.18. The number of methoxy groups -OCH3 is 1. The summed E-state index contributed by atoms with van der Waals surface area (Å²) in [5, 5.41) is 13.9. The molecule has 0 atom stereocenters. The summed E-state index contributed by atoms with van der Waals surface area (Å²) in [6.07, 6.45) is 0. The van der Waals surface area contributed by atoms with E-state index in [1.807, 2.05) is 30.3 Å². The lowest BCUT2D eigenvalue weighted by Gasteiger charge is -2.09. The molecule has 0 saturated carbocycles. The smallest absolute Gasteiger partial charge is 0.276 e. The van der Waals surface area contributed by atoms with E-state index >= 15 is 0 Å². The van der Waals surface area contributed by atoms with Crippen LogP contribution >= 0.6 is 0 Å². The standard InChI is InChI=1S/C19H16N4O4/c1-25-15-5-3-2-4-13(15)21-19(24)14-7-9-18(23-22-14)20-12-6-8-16-17(10-12)27-11-26-16/h2-10H,11H2,1H3,(H,20,23)(H,21,24). The molecular formula is C19H16N4O4. The SMILES string of the molecule is COc1ccccc1NC(=O)c1ccc(Nc2ccc3c(c2)OCO3)nn1. The Hall–Kier alpha value is -3.81. The van der Waals surface area contributed by atoms with Gasteiger partial charge in [-0.25, -0.2) is 0 Å². The number of carbonyl (C=O) groups is 1. The molecule has 8 nitrogen and oxygen atoms in total. The topological polar surface area (TPSA) is 94.6 Å². The number of aromatic nitrogens is 2. The van der Waals surface area contributed by atoms with Crippen LogP contribution in [0.5, 0.6) is 17.2 Å². The Morgan fingerprint density at radius 1 is 1.04 bits per heavy atom. The summed E-state index contributed by atoms with van der Waals surface area (Å²) in [6.45, 7) is 0.217. The normalized spacial score (nSPS) is 11.7. The Kier molecular flexibility index (Phi) is 4.44. The number of nitrogens with one attached hydrogen (secondary N) is 2. The second kappa shape index (κ2) is 7.20. The van der Waals surface area contributed by atoms with Crippen molar-refractivity contribution < 1.29 is 19.0 Å². The molecule has 27 heavy (non-hydrogen) atoms. The Morgan fingerprint density at radius 2 is 1.89 bits per heavy atom. The molecule has 2 heterocycles. The Labute approximate surface area is 155 Å². The van der Waals surface area contributed by atoms with E-state index in [0.29, 0.717) is 28.8 Å². The van der Waals surface area contributed by atoms with Crippen molar-refractivity contribution in [1.29, 1.82) is 0 Å². The van der Waals surface area contributed by atoms with Crippen molar-refractivity contribution in [3.05, 3.63) is 60.3 Å². The average Bonchev–Trinajstić information content (AvgIpc) is 3.17. The molecule has 8 heteroatoms. The number of hydrogen-bond donors (Lipinski definition) is 2. The molecule has 1 aliphatic rings. The molecule has 0 aliphatic carbocycles. The molecule has 1 aliphatic heterocycles. The molecule has 4 rings (SSSR count). The summed E-state index contributed by atoms with van der Waals surface area (Å²) in [6, 6.07) is 15.9. The van der Waals surface area contributed by atoms with E-state index in [-0.39, 0.29) is 18.4 Å². The molecule has 0 spiro atoms. The fraction of sp³-hybridized carbons (Fsp3) is 0.105. The zero-order valence-corrected chi connectivity index (χ0v) is 14.4. The van der Waals surface area contributed by atoms with Gasteiger partial charge >= 0.3 is 0 Å². The van der Waals surface area contributed by atoms with Gasteiger partial charge in [0.15, 0.2) is 23.0 Å². The van der Waals surface area contributed by atoms with Gasteiger partial charge in [0.1, 0.15) is 5.75 Å². The van der Waals surface area contributed by atoms with Gasteiger partial charge in [-0.2, -0.15) is 0 Å². The van der Waals surface area contributed by atoms with Crippen LogP contribution in [0.15, 0.2) is 54.6 Å². The van der Waals surface area contributed by atoms with Crippen molar-refractivity contribution in [2.75, 3.05) is 24.5 Å². The number of benzene rings is 2. The van der Waals surface area contributed by atoms with Gasteiger partial charge in [0.25, 0.3) is 5.91 Å². The molecule has 136 valence electrons. The summed E-state index contributed by atoms with van der Waals surface area (Å²) in [7, 11) is 1.54. The lowest BCUT2D eigenvalue weighted by Crippen LogP contribution is -2.15. The molecule has 1 aromatic heterocycles. The highest BCUT2D eigenvalue weighted by Gasteiger charge is 2.14. The van der Waals surface area contributed by atoms with E-state index in [2.05, 4.69) is 20.8 Å². The van der Waals surface area contributed by atoms with Crippen LogP contribution in [0.25, 0.3) is 0 Å². The monoisotopic (exact) mass is 364 g/mol. The van der Waals surface area contributed by atoms with Gasteiger partial charge < -0.3 is 24.8 Å². The van der Waals surface area contributed by atoms with Gasteiger partial charge in [-0.1, -0.05) is 12.1 Å². The minimum Gasteiger partial charge on any atom is -0.495 e. The van der Waals surface area contributed by atoms with Crippen LogP contribution in [0.3, 0.4) is 0 Å². The van der Waals surface area contributed by atoms with Crippen LogP contribution in [0, 0.1) is 0 Å². The van der Waals surface area contributed by atoms with Crippen molar-refractivity contribution in [3.8, 4) is 17.2 Å². The van der Waals surface area contributed by atoms with E-state index in [9.17, 15) is 4.79 Å². The first-order chi connectivity index (χ1) is 13.2. The average molecular weight is 364 g/mol. The Bertz CT molecular complexity index is 976. The van der Waals surface area contributed by atoms with Gasteiger partial charge in [0.05, 0.1) is 12.8 Å². The maximum Gasteiger partial charge on any atom is 0.276 e. The number of anilines is 3. The third kappa shape index (κ3) is 3.59. The lowest BCUT2D eigenvalue weighted by atomic mass is 10.2. The summed E-state index contributed by atoms with van der Waals surface area (Å²) in [4.78, 5) is 12.4. The number of carbonyl (C=O) groups excluding carboxylic acids is 1. The highest BCUT2D eigenvalue weighted by Crippen LogP contribution is 2.34. The number of hydrogen-bond acceptors (Lipinski definition) is 7. The third-order valence-corrected chi connectivity index (χ3v) is 3.90. The van der Waals surface area contributed by atoms with Crippen LogP contribution in [-0.4, -0.2) is 30.0 Å². The predicted molar refractivity (Wildman–Crippen MR) is 98.8 cm³/mol. The van der Waals surface area contributed by atoms with E-state index in [1.165, 1.54) is 0 Å². The van der Waals surface area contributed by atoms with E-state index in [4.69, 9.17) is 14.2 Å². The van der Waals surface area contributed by atoms with Crippen LogP contribution in [-0.2, 0) is 0 Å². The summed E-state index contributed by atoms with van der Waals surface area (Å²) >= 11 is 0. The van der Waals surface area contributed by atoms with Crippen LogP contribution in [0.4, 0.5) is 17.2 Å². The maximum atomic E-state index is 12.4. The Morgan fingerprint density at radius 3 is 2.70 bits per heavy atom. The van der Waals surface area contributed by atoms with Crippen LogP contribution in [0.1, 0.15) is 10.5 Å². The number of ether oxygens (including phenoxy) is 3. The summed E-state index contributed by atoms with van der Waals surface area (Å²) in [5.41, 5.74) is 1.53. The highest BCUT2D eigenvalue weighted by molar-refractivity contribution is 6.03. The number of para-hydroxylation sites is 2. The van der Waals surface area contributed by atoms with Crippen molar-refractivity contribution >= 4 is 23.1 Å². The molecule has 0 radical (unpaired) electrons. The quantitative estimate of drug-likeness (QED) is 0.718. The molecule has 1 amide bonds. The van der Waals surface area contributed by atoms with Crippen LogP contribution < -0.4 is 24.8 Å². The number of fused-ring (bicyclic) bond motifs is 1. The van der Waals surface area contributed by atoms with Gasteiger partial charge in [-0.05, 0) is 36.4 Å². The maximum absolute atomic E-state index is 12.4. The molecule has 3 aromatic rings. The Balaban J connectivity index is 1.44. The number of amides is 1. The molecule has 0 bridgehead atoms. The minimum atomic E-state index is -0.373. The van der Waals surface area contributed by atoms with Gasteiger partial charge in [0.2, 0.25) is 6.79 Å². The van der Waals surface area contributed by atoms with Crippen molar-refractivity contribution in [2.24, 2.45) is 0 Å². The number of nitrogens with zero attached hydrogens (tertiary/aromatic N) is 2. The summed E-state index contributed by atoms with van der Waals surface area (Å²) < 4.78 is 15.8. The zero-order chi connectivity index (χ0) is 18.6. The second-order valence-electron chi connectivity index (χ2n) is 5.65. The fourth-order valence-electron chi connectivity index (χ4n) is 2.58. The van der Waals surface area contributed by atoms with Crippen LogP contribution in [0.2, 0.25) is 0 Å². The first kappa shape index (κ1) is 16.6. The fourth-order valence-corrected chi connectivity index (χ4v) is 2.58.